The van der Waals surface area contributed by atoms with Crippen LogP contribution in [0.25, 0.3) is 0 Å². The Morgan fingerprint density at radius 2 is 2.35 bits per heavy atom. The van der Waals surface area contributed by atoms with Crippen LogP contribution in [-0.4, -0.2) is 34.7 Å². The van der Waals surface area contributed by atoms with Crippen LogP contribution in [0.1, 0.15) is 12.0 Å². The first-order valence-corrected chi connectivity index (χ1v) is 6.47. The van der Waals surface area contributed by atoms with Crippen molar-refractivity contribution >= 4 is 27.7 Å². The van der Waals surface area contributed by atoms with Gasteiger partial charge in [-0.1, -0.05) is 0 Å². The zero-order valence-corrected chi connectivity index (χ0v) is 10.8. The van der Waals surface area contributed by atoms with Gasteiger partial charge in [0.05, 0.1) is 19.3 Å². The van der Waals surface area contributed by atoms with Gasteiger partial charge in [0.25, 0.3) is 0 Å². The fourth-order valence-corrected chi connectivity index (χ4v) is 2.14. The number of pyridine rings is 1. The molecule has 1 aromatic heterocycles. The molecule has 1 N–H and O–H groups in total. The van der Waals surface area contributed by atoms with Crippen molar-refractivity contribution in [2.75, 3.05) is 23.6 Å². The number of carbonyl (C=O) groups is 1. The Morgan fingerprint density at radius 3 is 3.06 bits per heavy atom. The normalized spacial score (nSPS) is 14.7. The number of β-amino-alcohol motifs (C(OH)–C–C–N with tert-alkyl or cyclic N) is 1. The van der Waals surface area contributed by atoms with Crippen LogP contribution in [0.3, 0.4) is 0 Å². The quantitative estimate of drug-likeness (QED) is 0.846. The summed E-state index contributed by atoms with van der Waals surface area (Å²) in [7, 11) is 0. The highest BCUT2D eigenvalue weighted by Crippen LogP contribution is 2.28. The van der Waals surface area contributed by atoms with Gasteiger partial charge in [-0.2, -0.15) is 0 Å². The number of hydrogen-bond acceptors (Lipinski definition) is 4. The number of aryl methyl sites for hydroxylation is 1. The molecule has 1 aromatic rings. The molecule has 2 rings (SSSR count). The van der Waals surface area contributed by atoms with Crippen LogP contribution < -0.4 is 9.64 Å². The first-order chi connectivity index (χ1) is 8.26. The maximum atomic E-state index is 11.7. The lowest BCUT2D eigenvalue weighted by atomic mass is 10.1. The summed E-state index contributed by atoms with van der Waals surface area (Å²) in [5, 5.41) is 8.95. The number of fused-ring (bicyclic) bond motifs is 1. The number of aromatic nitrogens is 1. The van der Waals surface area contributed by atoms with Crippen molar-refractivity contribution in [3.05, 3.63) is 17.8 Å². The highest BCUT2D eigenvalue weighted by Gasteiger charge is 2.25. The molecule has 17 heavy (non-hydrogen) atoms. The van der Waals surface area contributed by atoms with Crippen molar-refractivity contribution in [2.45, 2.75) is 12.8 Å². The lowest BCUT2D eigenvalue weighted by Crippen LogP contribution is -2.37. The van der Waals surface area contributed by atoms with E-state index in [-0.39, 0.29) is 19.1 Å². The Hall–Kier alpha value is -1.14. The van der Waals surface area contributed by atoms with Gasteiger partial charge in [0, 0.05) is 6.42 Å². The molecule has 0 spiro atoms. The van der Waals surface area contributed by atoms with Gasteiger partial charge in [-0.05, 0) is 34.0 Å². The first kappa shape index (κ1) is 12.3. The lowest BCUT2D eigenvalue weighted by molar-refractivity contribution is -0.119. The van der Waals surface area contributed by atoms with Gasteiger partial charge in [-0.25, -0.2) is 4.98 Å². The topological polar surface area (TPSA) is 62.7 Å². The maximum absolute atomic E-state index is 11.7. The second kappa shape index (κ2) is 5.46. The van der Waals surface area contributed by atoms with Crippen molar-refractivity contribution in [3.8, 4) is 5.75 Å². The third kappa shape index (κ3) is 2.58. The van der Waals surface area contributed by atoms with Crippen LogP contribution >= 0.6 is 15.9 Å². The standard InChI is InChI=1S/C11H13BrN2O3/c12-7-17-9-5-8-1-2-10(16)14(3-4-15)11(8)13-6-9/h5-6,15H,1-4,7H2. The van der Waals surface area contributed by atoms with Gasteiger partial charge in [0.2, 0.25) is 5.91 Å². The molecule has 0 aliphatic carbocycles. The minimum absolute atomic E-state index is 0.00760. The molecule has 0 fully saturated rings. The second-order valence-electron chi connectivity index (χ2n) is 3.68. The maximum Gasteiger partial charge on any atom is 0.228 e. The number of hydrogen-bond donors (Lipinski definition) is 1. The van der Waals surface area contributed by atoms with Crippen molar-refractivity contribution in [3.63, 3.8) is 0 Å². The molecule has 0 unspecified atom stereocenters. The number of ether oxygens (including phenoxy) is 1. The Balaban J connectivity index is 2.30. The highest BCUT2D eigenvalue weighted by molar-refractivity contribution is 9.09. The summed E-state index contributed by atoms with van der Waals surface area (Å²) in [5.74, 6) is 1.32. The van der Waals surface area contributed by atoms with Gasteiger partial charge in [0.15, 0.2) is 0 Å². The number of carbonyl (C=O) groups excluding carboxylic acids is 1. The molecule has 1 aliphatic heterocycles. The van der Waals surface area contributed by atoms with E-state index in [0.29, 0.717) is 29.9 Å². The molecule has 0 radical (unpaired) electrons. The molecule has 0 saturated heterocycles. The predicted molar refractivity (Wildman–Crippen MR) is 66.4 cm³/mol. The minimum atomic E-state index is -0.0630. The van der Waals surface area contributed by atoms with Crippen LogP contribution in [0, 0.1) is 0 Å². The van der Waals surface area contributed by atoms with Crippen LogP contribution in [0.5, 0.6) is 5.75 Å². The Kier molecular flexibility index (Phi) is 3.96. The van der Waals surface area contributed by atoms with Crippen LogP contribution in [0.15, 0.2) is 12.3 Å². The number of aliphatic hydroxyl groups excluding tert-OH is 1. The third-order valence-corrected chi connectivity index (χ3v) is 2.86. The van der Waals surface area contributed by atoms with Gasteiger partial charge in [-0.15, -0.1) is 0 Å². The van der Waals surface area contributed by atoms with Crippen molar-refractivity contribution < 1.29 is 14.6 Å². The molecule has 5 nitrogen and oxygen atoms in total. The van der Waals surface area contributed by atoms with E-state index in [1.807, 2.05) is 6.07 Å². The number of amides is 1. The van der Waals surface area contributed by atoms with Crippen molar-refractivity contribution in [2.24, 2.45) is 0 Å². The van der Waals surface area contributed by atoms with E-state index in [9.17, 15) is 4.79 Å². The van der Waals surface area contributed by atoms with Gasteiger partial charge in [-0.3, -0.25) is 9.69 Å². The predicted octanol–water partition coefficient (Wildman–Crippen LogP) is 1.08. The summed E-state index contributed by atoms with van der Waals surface area (Å²) >= 11 is 3.18. The number of halogens is 1. The zero-order chi connectivity index (χ0) is 12.3. The summed E-state index contributed by atoms with van der Waals surface area (Å²) in [6.45, 7) is 0.226. The van der Waals surface area contributed by atoms with Gasteiger partial charge < -0.3 is 9.84 Å². The summed E-state index contributed by atoms with van der Waals surface area (Å²) in [5.41, 5.74) is 1.39. The molecule has 0 bridgehead atoms. The van der Waals surface area contributed by atoms with E-state index < -0.39 is 0 Å². The number of alkyl halides is 1. The molecule has 92 valence electrons. The number of rotatable bonds is 4. The summed E-state index contributed by atoms with van der Waals surface area (Å²) < 4.78 is 5.30. The molecule has 1 aliphatic rings. The second-order valence-corrected chi connectivity index (χ2v) is 4.13. The average molecular weight is 301 g/mol. The van der Waals surface area contributed by atoms with E-state index in [4.69, 9.17) is 9.84 Å². The summed E-state index contributed by atoms with van der Waals surface area (Å²) in [6, 6.07) is 1.89. The third-order valence-electron chi connectivity index (χ3n) is 2.63. The molecule has 0 atom stereocenters. The van der Waals surface area contributed by atoms with Crippen molar-refractivity contribution in [1.29, 1.82) is 0 Å². The lowest BCUT2D eigenvalue weighted by Gasteiger charge is -2.27. The molecule has 0 aromatic carbocycles. The Morgan fingerprint density at radius 1 is 1.53 bits per heavy atom. The molecule has 2 heterocycles. The first-order valence-electron chi connectivity index (χ1n) is 5.35. The summed E-state index contributed by atoms with van der Waals surface area (Å²) in [4.78, 5) is 17.5. The fourth-order valence-electron chi connectivity index (χ4n) is 1.88. The number of anilines is 1. The molecular weight excluding hydrogens is 288 g/mol. The Bertz CT molecular complexity index is 425. The monoisotopic (exact) mass is 300 g/mol. The van der Waals surface area contributed by atoms with Crippen LogP contribution in [0.2, 0.25) is 0 Å². The van der Waals surface area contributed by atoms with E-state index in [1.54, 1.807) is 6.20 Å². The average Bonchev–Trinajstić information content (AvgIpc) is 2.33. The summed E-state index contributed by atoms with van der Waals surface area (Å²) in [6.07, 6.45) is 2.71. The molecule has 0 saturated carbocycles. The molecule has 6 heteroatoms. The van der Waals surface area contributed by atoms with Crippen LogP contribution in [-0.2, 0) is 11.2 Å². The molecular formula is C11H13BrN2O3. The van der Waals surface area contributed by atoms with E-state index in [0.717, 1.165) is 5.56 Å². The molecule has 1 amide bonds. The van der Waals surface area contributed by atoms with Gasteiger partial charge >= 0.3 is 0 Å². The highest BCUT2D eigenvalue weighted by atomic mass is 79.9. The minimum Gasteiger partial charge on any atom is -0.481 e. The van der Waals surface area contributed by atoms with Gasteiger partial charge in [0.1, 0.15) is 17.1 Å². The smallest absolute Gasteiger partial charge is 0.228 e. The fraction of sp³-hybridized carbons (Fsp3) is 0.455. The number of nitrogens with zero attached hydrogens (tertiary/aromatic N) is 2. The van der Waals surface area contributed by atoms with Crippen molar-refractivity contribution in [1.82, 2.24) is 4.98 Å². The van der Waals surface area contributed by atoms with E-state index >= 15 is 0 Å². The SMILES string of the molecule is O=C1CCc2cc(OCBr)cnc2N1CCO. The van der Waals surface area contributed by atoms with Crippen LogP contribution in [0.4, 0.5) is 5.82 Å². The zero-order valence-electron chi connectivity index (χ0n) is 9.23. The van der Waals surface area contributed by atoms with E-state index in [1.165, 1.54) is 4.90 Å². The Labute approximate surface area is 108 Å². The largest absolute Gasteiger partial charge is 0.481 e. The van der Waals surface area contributed by atoms with E-state index in [2.05, 4.69) is 20.9 Å². The number of aliphatic hydroxyl groups is 1.